The van der Waals surface area contributed by atoms with E-state index in [0.717, 1.165) is 23.7 Å². The normalized spacial score (nSPS) is 23.8. The highest BCUT2D eigenvalue weighted by Crippen LogP contribution is 2.32. The van der Waals surface area contributed by atoms with Crippen molar-refractivity contribution in [3.8, 4) is 0 Å². The van der Waals surface area contributed by atoms with Crippen molar-refractivity contribution in [1.82, 2.24) is 4.72 Å². The summed E-state index contributed by atoms with van der Waals surface area (Å²) >= 11 is 6.58. The minimum Gasteiger partial charge on any atom is -0.398 e. The zero-order valence-electron chi connectivity index (χ0n) is 11.2. The van der Waals surface area contributed by atoms with Crippen LogP contribution < -0.4 is 10.5 Å². The van der Waals surface area contributed by atoms with Crippen LogP contribution in [-0.4, -0.2) is 14.5 Å². The van der Waals surface area contributed by atoms with E-state index in [9.17, 15) is 8.42 Å². The number of rotatable bonds is 3. The molecule has 2 rings (SSSR count). The minimum absolute atomic E-state index is 0.00121. The fourth-order valence-electron chi connectivity index (χ4n) is 2.68. The first-order chi connectivity index (χ1) is 9.29. The lowest BCUT2D eigenvalue weighted by Gasteiger charge is -2.27. The average molecular weight is 426 g/mol. The largest absolute Gasteiger partial charge is 0.398 e. The first-order valence-corrected chi connectivity index (χ1v) is 9.63. The van der Waals surface area contributed by atoms with Gasteiger partial charge in [0.1, 0.15) is 4.90 Å². The van der Waals surface area contributed by atoms with Gasteiger partial charge in [-0.2, -0.15) is 0 Å². The molecule has 0 radical (unpaired) electrons. The maximum absolute atomic E-state index is 12.5. The standard InChI is InChI=1S/C13H18Br2N2O2S/c1-8-3-2-4-10(5-8)17-20(18,19)13-11(15)6-9(14)7-12(13)16/h6-8,10,17H,2-5,16H2,1H3. The van der Waals surface area contributed by atoms with E-state index in [2.05, 4.69) is 43.5 Å². The maximum Gasteiger partial charge on any atom is 0.243 e. The summed E-state index contributed by atoms with van der Waals surface area (Å²) in [5.41, 5.74) is 6.10. The summed E-state index contributed by atoms with van der Waals surface area (Å²) in [6.45, 7) is 2.16. The molecule has 1 fully saturated rings. The van der Waals surface area contributed by atoms with Crippen LogP contribution in [0.25, 0.3) is 0 Å². The van der Waals surface area contributed by atoms with Crippen LogP contribution in [-0.2, 0) is 10.0 Å². The Balaban J connectivity index is 2.27. The molecule has 0 heterocycles. The number of nitrogens with one attached hydrogen (secondary N) is 1. The Morgan fingerprint density at radius 3 is 2.60 bits per heavy atom. The van der Waals surface area contributed by atoms with E-state index in [1.165, 1.54) is 6.42 Å². The molecule has 1 aromatic rings. The number of nitrogens with two attached hydrogens (primary N) is 1. The van der Waals surface area contributed by atoms with Gasteiger partial charge in [-0.1, -0.05) is 35.7 Å². The van der Waals surface area contributed by atoms with E-state index in [0.29, 0.717) is 10.4 Å². The monoisotopic (exact) mass is 424 g/mol. The van der Waals surface area contributed by atoms with Gasteiger partial charge in [0.25, 0.3) is 0 Å². The van der Waals surface area contributed by atoms with Gasteiger partial charge in [0, 0.05) is 15.0 Å². The van der Waals surface area contributed by atoms with Crippen LogP contribution in [0.1, 0.15) is 32.6 Å². The van der Waals surface area contributed by atoms with Crippen molar-refractivity contribution in [2.75, 3.05) is 5.73 Å². The summed E-state index contributed by atoms with van der Waals surface area (Å²) in [6, 6.07) is 3.29. The number of nitrogen functional groups attached to an aromatic ring is 1. The van der Waals surface area contributed by atoms with Crippen molar-refractivity contribution in [3.05, 3.63) is 21.1 Å². The second-order valence-corrected chi connectivity index (χ2v) is 8.82. The van der Waals surface area contributed by atoms with Gasteiger partial charge in [0.05, 0.1) is 5.69 Å². The highest BCUT2D eigenvalue weighted by molar-refractivity contribution is 9.11. The molecule has 3 N–H and O–H groups in total. The van der Waals surface area contributed by atoms with Crippen LogP contribution in [0, 0.1) is 5.92 Å². The summed E-state index contributed by atoms with van der Waals surface area (Å²) in [7, 11) is -3.60. The molecule has 20 heavy (non-hydrogen) atoms. The number of hydrogen-bond donors (Lipinski definition) is 2. The molecule has 112 valence electrons. The van der Waals surface area contributed by atoms with Gasteiger partial charge in [-0.3, -0.25) is 0 Å². The van der Waals surface area contributed by atoms with E-state index < -0.39 is 10.0 Å². The zero-order valence-corrected chi connectivity index (χ0v) is 15.2. The van der Waals surface area contributed by atoms with E-state index in [1.807, 2.05) is 0 Å². The van der Waals surface area contributed by atoms with Gasteiger partial charge in [-0.25, -0.2) is 13.1 Å². The molecule has 0 spiro atoms. The number of anilines is 1. The Morgan fingerprint density at radius 1 is 1.30 bits per heavy atom. The van der Waals surface area contributed by atoms with E-state index in [1.54, 1.807) is 12.1 Å². The summed E-state index contributed by atoms with van der Waals surface area (Å²) in [5.74, 6) is 0.558. The molecule has 7 heteroatoms. The first-order valence-electron chi connectivity index (χ1n) is 6.56. The van der Waals surface area contributed by atoms with Crippen LogP contribution >= 0.6 is 31.9 Å². The molecule has 4 nitrogen and oxygen atoms in total. The van der Waals surface area contributed by atoms with Gasteiger partial charge in [-0.05, 0) is 46.8 Å². The molecule has 0 aromatic heterocycles. The van der Waals surface area contributed by atoms with Crippen LogP contribution in [0.15, 0.2) is 26.0 Å². The van der Waals surface area contributed by atoms with Crippen LogP contribution in [0.5, 0.6) is 0 Å². The van der Waals surface area contributed by atoms with Crippen LogP contribution in [0.3, 0.4) is 0 Å². The Bertz CT molecular complexity index is 581. The highest BCUT2D eigenvalue weighted by atomic mass is 79.9. The molecular weight excluding hydrogens is 408 g/mol. The maximum atomic E-state index is 12.5. The van der Waals surface area contributed by atoms with Gasteiger partial charge in [-0.15, -0.1) is 0 Å². The molecule has 2 unspecified atom stereocenters. The van der Waals surface area contributed by atoms with Crippen LogP contribution in [0.4, 0.5) is 5.69 Å². The van der Waals surface area contributed by atoms with Crippen molar-refractivity contribution >= 4 is 47.6 Å². The van der Waals surface area contributed by atoms with E-state index in [-0.39, 0.29) is 16.6 Å². The Labute approximate surface area is 136 Å². The Kier molecular flexibility index (Phi) is 5.15. The van der Waals surface area contributed by atoms with E-state index in [4.69, 9.17) is 5.73 Å². The van der Waals surface area contributed by atoms with Crippen molar-refractivity contribution < 1.29 is 8.42 Å². The van der Waals surface area contributed by atoms with Gasteiger partial charge >= 0.3 is 0 Å². The number of hydrogen-bond acceptors (Lipinski definition) is 3. The predicted octanol–water partition coefficient (Wildman–Crippen LogP) is 3.65. The summed E-state index contributed by atoms with van der Waals surface area (Å²) < 4.78 is 29.1. The Hall–Kier alpha value is -0.110. The van der Waals surface area contributed by atoms with Crippen molar-refractivity contribution in [2.45, 2.75) is 43.5 Å². The first kappa shape index (κ1) is 16.3. The van der Waals surface area contributed by atoms with Crippen molar-refractivity contribution in [3.63, 3.8) is 0 Å². The van der Waals surface area contributed by atoms with Gasteiger partial charge in [0.15, 0.2) is 0 Å². The molecule has 1 aliphatic rings. The average Bonchev–Trinajstić information content (AvgIpc) is 2.25. The van der Waals surface area contributed by atoms with Gasteiger partial charge in [0.2, 0.25) is 10.0 Å². The fourth-order valence-corrected chi connectivity index (χ4v) is 6.04. The quantitative estimate of drug-likeness (QED) is 0.726. The number of sulfonamides is 1. The third-order valence-corrected chi connectivity index (χ3v) is 6.55. The predicted molar refractivity (Wildman–Crippen MR) is 88.0 cm³/mol. The molecular formula is C13H18Br2N2O2S. The molecule has 0 amide bonds. The Morgan fingerprint density at radius 2 is 2.00 bits per heavy atom. The number of benzene rings is 1. The lowest BCUT2D eigenvalue weighted by Crippen LogP contribution is -2.38. The fraction of sp³-hybridized carbons (Fsp3) is 0.538. The minimum atomic E-state index is -3.60. The topological polar surface area (TPSA) is 72.2 Å². The smallest absolute Gasteiger partial charge is 0.243 e. The molecule has 2 atom stereocenters. The zero-order chi connectivity index (χ0) is 14.9. The second kappa shape index (κ2) is 6.34. The molecule has 1 aromatic carbocycles. The lowest BCUT2D eigenvalue weighted by molar-refractivity contribution is 0.327. The number of halogens is 2. The summed E-state index contributed by atoms with van der Waals surface area (Å²) in [5, 5.41) is 0. The highest BCUT2D eigenvalue weighted by Gasteiger charge is 2.27. The molecule has 0 bridgehead atoms. The molecule has 1 saturated carbocycles. The van der Waals surface area contributed by atoms with Crippen LogP contribution in [0.2, 0.25) is 0 Å². The SMILES string of the molecule is CC1CCCC(NS(=O)(=O)c2c(N)cc(Br)cc2Br)C1. The molecule has 0 aliphatic heterocycles. The van der Waals surface area contributed by atoms with E-state index >= 15 is 0 Å². The third-order valence-electron chi connectivity index (χ3n) is 3.56. The third kappa shape index (κ3) is 3.75. The molecule has 0 saturated heterocycles. The summed E-state index contributed by atoms with van der Waals surface area (Å²) in [4.78, 5) is 0.124. The molecule has 1 aliphatic carbocycles. The second-order valence-electron chi connectivity index (χ2n) is 5.40. The lowest BCUT2D eigenvalue weighted by atomic mass is 9.88. The van der Waals surface area contributed by atoms with Gasteiger partial charge < -0.3 is 5.73 Å². The summed E-state index contributed by atoms with van der Waals surface area (Å²) in [6.07, 6.45) is 4.00. The van der Waals surface area contributed by atoms with Crippen molar-refractivity contribution in [2.24, 2.45) is 5.92 Å². The van der Waals surface area contributed by atoms with Crippen molar-refractivity contribution in [1.29, 1.82) is 0 Å².